The van der Waals surface area contributed by atoms with Gasteiger partial charge >= 0.3 is 6.18 Å². The molecule has 0 unspecified atom stereocenters. The summed E-state index contributed by atoms with van der Waals surface area (Å²) in [5.74, 6) is 0.172. The Bertz CT molecular complexity index is 1110. The average molecular weight is 444 g/mol. The summed E-state index contributed by atoms with van der Waals surface area (Å²) in [6.45, 7) is 0. The molecule has 1 aliphatic rings. The topological polar surface area (TPSA) is 76.1 Å². The molecule has 9 heteroatoms. The van der Waals surface area contributed by atoms with Crippen LogP contribution in [0.3, 0.4) is 0 Å². The van der Waals surface area contributed by atoms with Crippen molar-refractivity contribution in [2.45, 2.75) is 43.9 Å². The van der Waals surface area contributed by atoms with E-state index >= 15 is 0 Å². The van der Waals surface area contributed by atoms with Gasteiger partial charge in [-0.15, -0.1) is 0 Å². The summed E-state index contributed by atoms with van der Waals surface area (Å²) in [6, 6.07) is 11.1. The number of para-hydroxylation sites is 1. The zero-order chi connectivity index (χ0) is 22.7. The van der Waals surface area contributed by atoms with Crippen molar-refractivity contribution in [1.29, 1.82) is 0 Å². The highest BCUT2D eigenvalue weighted by molar-refractivity contribution is 5.94. The lowest BCUT2D eigenvalue weighted by atomic mass is 9.90. The third-order valence-electron chi connectivity index (χ3n) is 5.63. The number of carbonyl (C=O) groups excluding carboxylic acids is 1. The molecule has 0 saturated heterocycles. The van der Waals surface area contributed by atoms with Crippen molar-refractivity contribution >= 4 is 22.5 Å². The summed E-state index contributed by atoms with van der Waals surface area (Å²) in [4.78, 5) is 20.3. The van der Waals surface area contributed by atoms with Crippen LogP contribution >= 0.6 is 0 Å². The second-order valence-electron chi connectivity index (χ2n) is 7.82. The van der Waals surface area contributed by atoms with Gasteiger partial charge in [0.25, 0.3) is 5.91 Å². The summed E-state index contributed by atoms with van der Waals surface area (Å²) < 4.78 is 44.9. The van der Waals surface area contributed by atoms with Gasteiger partial charge in [0.05, 0.1) is 12.6 Å². The third-order valence-corrected chi connectivity index (χ3v) is 5.63. The maximum atomic E-state index is 13.3. The summed E-state index contributed by atoms with van der Waals surface area (Å²) >= 11 is 0. The molecule has 2 heterocycles. The Labute approximate surface area is 183 Å². The third kappa shape index (κ3) is 4.92. The predicted molar refractivity (Wildman–Crippen MR) is 115 cm³/mol. The lowest BCUT2D eigenvalue weighted by Gasteiger charge is -2.30. The highest BCUT2D eigenvalue weighted by atomic mass is 19.4. The molecule has 32 heavy (non-hydrogen) atoms. The standard InChI is InChI=1S/C23H23F3N4O2/c1-32-21-12-14(10-11-27-21)22(31)29-16-8-6-15(7-9-16)28-19-13-20(23(24,25)26)30-18-5-3-2-4-17(18)19/h2-5,10-13,15-16H,6-9H2,1H3,(H,28,30)(H,29,31)/t15-,16+. The van der Waals surface area contributed by atoms with Gasteiger partial charge in [-0.2, -0.15) is 13.2 Å². The minimum Gasteiger partial charge on any atom is -0.481 e. The smallest absolute Gasteiger partial charge is 0.433 e. The van der Waals surface area contributed by atoms with Crippen LogP contribution in [0.25, 0.3) is 10.9 Å². The largest absolute Gasteiger partial charge is 0.481 e. The molecule has 2 aromatic heterocycles. The van der Waals surface area contributed by atoms with E-state index in [0.717, 1.165) is 31.7 Å². The first-order valence-corrected chi connectivity index (χ1v) is 10.4. The van der Waals surface area contributed by atoms with Crippen LogP contribution in [-0.4, -0.2) is 35.1 Å². The molecule has 1 aliphatic carbocycles. The number of ether oxygens (including phenoxy) is 1. The van der Waals surface area contributed by atoms with Gasteiger partial charge in [0.2, 0.25) is 5.88 Å². The number of hydrogen-bond donors (Lipinski definition) is 2. The first-order valence-electron chi connectivity index (χ1n) is 10.4. The molecule has 4 rings (SSSR count). The molecule has 1 aromatic carbocycles. The number of alkyl halides is 3. The Hall–Kier alpha value is -3.36. The van der Waals surface area contributed by atoms with E-state index < -0.39 is 11.9 Å². The van der Waals surface area contributed by atoms with Gasteiger partial charge < -0.3 is 15.4 Å². The fourth-order valence-corrected chi connectivity index (χ4v) is 3.97. The number of halogens is 3. The van der Waals surface area contributed by atoms with Crippen molar-refractivity contribution in [3.8, 4) is 5.88 Å². The number of amides is 1. The van der Waals surface area contributed by atoms with Crippen LogP contribution in [0, 0.1) is 0 Å². The van der Waals surface area contributed by atoms with E-state index in [9.17, 15) is 18.0 Å². The van der Waals surface area contributed by atoms with E-state index in [0.29, 0.717) is 28.0 Å². The molecular formula is C23H23F3N4O2. The van der Waals surface area contributed by atoms with Crippen molar-refractivity contribution in [3.05, 3.63) is 59.9 Å². The van der Waals surface area contributed by atoms with Crippen LogP contribution in [0.1, 0.15) is 41.7 Å². The van der Waals surface area contributed by atoms with E-state index in [1.807, 2.05) is 0 Å². The fourth-order valence-electron chi connectivity index (χ4n) is 3.97. The molecule has 0 radical (unpaired) electrons. The molecule has 0 spiro atoms. The molecule has 3 aromatic rings. The molecule has 0 bridgehead atoms. The Kier molecular flexibility index (Phi) is 6.16. The fraction of sp³-hybridized carbons (Fsp3) is 0.348. The first kappa shape index (κ1) is 21.9. The Morgan fingerprint density at radius 1 is 1.06 bits per heavy atom. The number of rotatable bonds is 5. The van der Waals surface area contributed by atoms with E-state index in [-0.39, 0.29) is 18.0 Å². The average Bonchev–Trinajstić information content (AvgIpc) is 2.79. The first-order chi connectivity index (χ1) is 15.3. The molecule has 168 valence electrons. The molecular weight excluding hydrogens is 421 g/mol. The molecule has 0 atom stereocenters. The van der Waals surface area contributed by atoms with E-state index in [1.165, 1.54) is 13.3 Å². The lowest BCUT2D eigenvalue weighted by molar-refractivity contribution is -0.140. The number of pyridine rings is 2. The van der Waals surface area contributed by atoms with Gasteiger partial charge in [-0.05, 0) is 43.9 Å². The molecule has 1 fully saturated rings. The summed E-state index contributed by atoms with van der Waals surface area (Å²) in [5, 5.41) is 6.96. The van der Waals surface area contributed by atoms with Crippen molar-refractivity contribution in [2.24, 2.45) is 0 Å². The zero-order valence-electron chi connectivity index (χ0n) is 17.4. The summed E-state index contributed by atoms with van der Waals surface area (Å²) in [5.41, 5.74) is 0.297. The van der Waals surface area contributed by atoms with E-state index in [4.69, 9.17) is 4.74 Å². The highest BCUT2D eigenvalue weighted by Crippen LogP contribution is 2.34. The Balaban J connectivity index is 1.41. The van der Waals surface area contributed by atoms with Crippen LogP contribution in [0.2, 0.25) is 0 Å². The van der Waals surface area contributed by atoms with Crippen LogP contribution in [0.15, 0.2) is 48.7 Å². The van der Waals surface area contributed by atoms with E-state index in [1.54, 1.807) is 36.4 Å². The van der Waals surface area contributed by atoms with Gasteiger partial charge in [-0.25, -0.2) is 9.97 Å². The van der Waals surface area contributed by atoms with Gasteiger partial charge in [0, 0.05) is 41.0 Å². The minimum atomic E-state index is -4.52. The van der Waals surface area contributed by atoms with Crippen LogP contribution < -0.4 is 15.4 Å². The van der Waals surface area contributed by atoms with Crippen LogP contribution in [0.5, 0.6) is 5.88 Å². The zero-order valence-corrected chi connectivity index (χ0v) is 17.4. The predicted octanol–water partition coefficient (Wildman–Crippen LogP) is 4.81. The number of nitrogens with zero attached hydrogens (tertiary/aromatic N) is 2. The maximum absolute atomic E-state index is 13.3. The molecule has 1 saturated carbocycles. The second kappa shape index (κ2) is 9.02. The number of anilines is 1. The van der Waals surface area contributed by atoms with Gasteiger partial charge in [0.15, 0.2) is 0 Å². The Morgan fingerprint density at radius 3 is 2.50 bits per heavy atom. The maximum Gasteiger partial charge on any atom is 0.433 e. The quantitative estimate of drug-likeness (QED) is 0.591. The highest BCUT2D eigenvalue weighted by Gasteiger charge is 2.34. The number of methoxy groups -OCH3 is 1. The normalized spacial score (nSPS) is 18.9. The number of hydrogen-bond acceptors (Lipinski definition) is 5. The number of carbonyl (C=O) groups is 1. The van der Waals surface area contributed by atoms with Crippen molar-refractivity contribution in [3.63, 3.8) is 0 Å². The summed E-state index contributed by atoms with van der Waals surface area (Å²) in [7, 11) is 1.49. The van der Waals surface area contributed by atoms with Gasteiger partial charge in [-0.1, -0.05) is 18.2 Å². The van der Waals surface area contributed by atoms with Crippen molar-refractivity contribution in [2.75, 3.05) is 12.4 Å². The molecule has 1 amide bonds. The SMILES string of the molecule is COc1cc(C(=O)N[C@H]2CC[C@@H](Nc3cc(C(F)(F)F)nc4ccccc34)CC2)ccn1. The monoisotopic (exact) mass is 444 g/mol. The van der Waals surface area contributed by atoms with Crippen molar-refractivity contribution in [1.82, 2.24) is 15.3 Å². The number of nitrogens with one attached hydrogen (secondary N) is 2. The van der Waals surface area contributed by atoms with Crippen LogP contribution in [0.4, 0.5) is 18.9 Å². The van der Waals surface area contributed by atoms with Gasteiger partial charge in [0.1, 0.15) is 5.69 Å². The van der Waals surface area contributed by atoms with Crippen LogP contribution in [-0.2, 0) is 6.18 Å². The molecule has 2 N–H and O–H groups in total. The van der Waals surface area contributed by atoms with Crippen molar-refractivity contribution < 1.29 is 22.7 Å². The number of aromatic nitrogens is 2. The molecule has 0 aliphatic heterocycles. The second-order valence-corrected chi connectivity index (χ2v) is 7.82. The van der Waals surface area contributed by atoms with E-state index in [2.05, 4.69) is 20.6 Å². The number of benzene rings is 1. The van der Waals surface area contributed by atoms with Gasteiger partial charge in [-0.3, -0.25) is 4.79 Å². The molecule has 6 nitrogen and oxygen atoms in total. The number of fused-ring (bicyclic) bond motifs is 1. The Morgan fingerprint density at radius 2 is 1.78 bits per heavy atom. The minimum absolute atomic E-state index is 0.000342. The lowest BCUT2D eigenvalue weighted by Crippen LogP contribution is -2.40. The summed E-state index contributed by atoms with van der Waals surface area (Å²) in [6.07, 6.45) is -0.104.